The van der Waals surface area contributed by atoms with Gasteiger partial charge in [-0.1, -0.05) is 0 Å². The Labute approximate surface area is 191 Å². The van der Waals surface area contributed by atoms with E-state index in [4.69, 9.17) is 9.47 Å². The SMILES string of the molecule is COc1cc(F)c(F)c(N(C)c2ccc(I)cc2F)c1NS(=O)(=O)C1(C[C@H]2CO2)CC1. The first-order valence-corrected chi connectivity index (χ1v) is 12.0. The second kappa shape index (κ2) is 8.00. The van der Waals surface area contributed by atoms with Crippen LogP contribution in [0, 0.1) is 21.0 Å². The Bertz CT molecular complexity index is 1140. The second-order valence-electron chi connectivity index (χ2n) is 7.70. The standard InChI is InChI=1S/C20H20F3IN2O4S/c1-26(15-4-3-11(24)7-13(15)21)19-17(23)14(22)8-16(29-2)18(19)25-31(27,28)20(5-6-20)9-12-10-30-12/h3-4,7-8,12,25H,5-6,9-10H2,1-2H3/t12-/m0/s1. The topological polar surface area (TPSA) is 71.2 Å². The number of nitrogens with one attached hydrogen (secondary N) is 1. The van der Waals surface area contributed by atoms with E-state index in [9.17, 15) is 21.6 Å². The molecule has 0 radical (unpaired) electrons. The summed E-state index contributed by atoms with van der Waals surface area (Å²) in [6, 6.07) is 5.00. The van der Waals surface area contributed by atoms with Crippen molar-refractivity contribution in [2.75, 3.05) is 30.4 Å². The van der Waals surface area contributed by atoms with Crippen molar-refractivity contribution >= 4 is 49.7 Å². The maximum absolute atomic E-state index is 15.0. The van der Waals surface area contributed by atoms with Crippen molar-refractivity contribution in [2.45, 2.75) is 30.1 Å². The summed E-state index contributed by atoms with van der Waals surface area (Å²) in [5, 5.41) is 0. The lowest BCUT2D eigenvalue weighted by Crippen LogP contribution is -2.32. The van der Waals surface area contributed by atoms with Crippen LogP contribution in [0.15, 0.2) is 24.3 Å². The molecule has 4 rings (SSSR count). The molecule has 6 nitrogen and oxygen atoms in total. The second-order valence-corrected chi connectivity index (χ2v) is 11.0. The normalized spacial score (nSPS) is 19.1. The molecule has 1 N–H and O–H groups in total. The highest BCUT2D eigenvalue weighted by atomic mass is 127. The van der Waals surface area contributed by atoms with Crippen LogP contribution >= 0.6 is 22.6 Å². The smallest absolute Gasteiger partial charge is 0.238 e. The van der Waals surface area contributed by atoms with Gasteiger partial charge in [0.2, 0.25) is 10.0 Å². The summed E-state index contributed by atoms with van der Waals surface area (Å²) in [7, 11) is -1.46. The van der Waals surface area contributed by atoms with E-state index in [1.807, 2.05) is 22.6 Å². The van der Waals surface area contributed by atoms with E-state index < -0.39 is 37.9 Å². The van der Waals surface area contributed by atoms with Crippen LogP contribution in [-0.4, -0.2) is 40.0 Å². The first-order chi connectivity index (χ1) is 14.6. The highest BCUT2D eigenvalue weighted by Crippen LogP contribution is 2.51. The highest BCUT2D eigenvalue weighted by molar-refractivity contribution is 14.1. The molecule has 1 saturated heterocycles. The van der Waals surface area contributed by atoms with E-state index in [0.29, 0.717) is 29.4 Å². The van der Waals surface area contributed by atoms with Crippen LogP contribution in [-0.2, 0) is 14.8 Å². The summed E-state index contributed by atoms with van der Waals surface area (Å²) in [5.74, 6) is -3.46. The minimum absolute atomic E-state index is 0.0556. The Balaban J connectivity index is 1.81. The maximum atomic E-state index is 15.0. The molecule has 2 aliphatic rings. The summed E-state index contributed by atoms with van der Waals surface area (Å²) in [5.41, 5.74) is -0.816. The molecule has 2 aromatic rings. The zero-order valence-electron chi connectivity index (χ0n) is 16.7. The van der Waals surface area contributed by atoms with Crippen LogP contribution in [0.2, 0.25) is 0 Å². The van der Waals surface area contributed by atoms with Gasteiger partial charge in [-0.2, -0.15) is 0 Å². The van der Waals surface area contributed by atoms with Crippen molar-refractivity contribution in [1.29, 1.82) is 0 Å². The van der Waals surface area contributed by atoms with Gasteiger partial charge in [0.15, 0.2) is 11.6 Å². The van der Waals surface area contributed by atoms with E-state index in [0.717, 1.165) is 11.0 Å². The first kappa shape index (κ1) is 22.5. The van der Waals surface area contributed by atoms with Gasteiger partial charge in [-0.3, -0.25) is 4.72 Å². The fourth-order valence-corrected chi connectivity index (χ4v) is 5.78. The van der Waals surface area contributed by atoms with Crippen molar-refractivity contribution < 1.29 is 31.1 Å². The number of benzene rings is 2. The zero-order valence-corrected chi connectivity index (χ0v) is 19.7. The lowest BCUT2D eigenvalue weighted by Gasteiger charge is -2.27. The van der Waals surface area contributed by atoms with Crippen molar-refractivity contribution in [3.05, 3.63) is 45.3 Å². The lowest BCUT2D eigenvalue weighted by molar-refractivity contribution is 0.389. The Kier molecular flexibility index (Phi) is 5.80. The third-order valence-electron chi connectivity index (χ3n) is 5.60. The van der Waals surface area contributed by atoms with E-state index in [-0.39, 0.29) is 23.2 Å². The van der Waals surface area contributed by atoms with Gasteiger partial charge in [-0.05, 0) is 60.1 Å². The van der Waals surface area contributed by atoms with Gasteiger partial charge in [0, 0.05) is 16.7 Å². The number of ether oxygens (including phenoxy) is 2. The molecule has 2 aromatic carbocycles. The van der Waals surface area contributed by atoms with Crippen LogP contribution in [0.1, 0.15) is 19.3 Å². The number of epoxide rings is 1. The summed E-state index contributed by atoms with van der Waals surface area (Å²) < 4.78 is 82.6. The average Bonchev–Trinajstić information content (AvgIpc) is 3.62. The molecular formula is C20H20F3IN2O4S. The molecule has 168 valence electrons. The van der Waals surface area contributed by atoms with E-state index in [1.165, 1.54) is 26.3 Å². The molecule has 0 amide bonds. The van der Waals surface area contributed by atoms with E-state index in [1.54, 1.807) is 6.07 Å². The van der Waals surface area contributed by atoms with E-state index in [2.05, 4.69) is 4.72 Å². The molecule has 0 aromatic heterocycles. The Hall–Kier alpha value is -1.73. The molecule has 0 unspecified atom stereocenters. The molecule has 1 heterocycles. The largest absolute Gasteiger partial charge is 0.494 e. The maximum Gasteiger partial charge on any atom is 0.238 e. The monoisotopic (exact) mass is 568 g/mol. The van der Waals surface area contributed by atoms with Crippen LogP contribution in [0.4, 0.5) is 30.2 Å². The highest BCUT2D eigenvalue weighted by Gasteiger charge is 2.57. The molecule has 1 aliphatic carbocycles. The summed E-state index contributed by atoms with van der Waals surface area (Å²) in [4.78, 5) is 1.06. The molecule has 31 heavy (non-hydrogen) atoms. The van der Waals surface area contributed by atoms with Gasteiger partial charge in [-0.15, -0.1) is 0 Å². The zero-order chi connectivity index (χ0) is 22.6. The van der Waals surface area contributed by atoms with Crippen LogP contribution < -0.4 is 14.4 Å². The number of rotatable bonds is 8. The molecule has 1 aliphatic heterocycles. The lowest BCUT2D eigenvalue weighted by atomic mass is 10.2. The van der Waals surface area contributed by atoms with Crippen molar-refractivity contribution in [1.82, 2.24) is 0 Å². The number of anilines is 3. The average molecular weight is 568 g/mol. The number of methoxy groups -OCH3 is 1. The third-order valence-corrected chi connectivity index (χ3v) is 8.46. The number of hydrogen-bond acceptors (Lipinski definition) is 5. The molecule has 1 atom stereocenters. The summed E-state index contributed by atoms with van der Waals surface area (Å²) >= 11 is 1.92. The predicted molar refractivity (Wildman–Crippen MR) is 119 cm³/mol. The number of halogens is 4. The van der Waals surface area contributed by atoms with Gasteiger partial charge >= 0.3 is 0 Å². The Morgan fingerprint density at radius 1 is 1.26 bits per heavy atom. The molecule has 0 bridgehead atoms. The fraction of sp³-hybridized carbons (Fsp3) is 0.400. The fourth-order valence-electron chi connectivity index (χ4n) is 3.60. The van der Waals surface area contributed by atoms with Crippen molar-refractivity contribution in [3.63, 3.8) is 0 Å². The molecule has 2 fully saturated rings. The Morgan fingerprint density at radius 3 is 2.48 bits per heavy atom. The van der Waals surface area contributed by atoms with Crippen molar-refractivity contribution in [2.24, 2.45) is 0 Å². The quantitative estimate of drug-likeness (QED) is 0.374. The van der Waals surface area contributed by atoms with Gasteiger partial charge in [0.25, 0.3) is 0 Å². The molecule has 1 saturated carbocycles. The minimum Gasteiger partial charge on any atom is -0.494 e. The van der Waals surface area contributed by atoms with Gasteiger partial charge in [0.05, 0.1) is 30.3 Å². The Morgan fingerprint density at radius 2 is 1.94 bits per heavy atom. The van der Waals surface area contributed by atoms with Gasteiger partial charge in [0.1, 0.15) is 22.9 Å². The minimum atomic E-state index is -3.99. The number of hydrogen-bond donors (Lipinski definition) is 1. The molecular weight excluding hydrogens is 548 g/mol. The molecule has 0 spiro atoms. The van der Waals surface area contributed by atoms with Gasteiger partial charge < -0.3 is 14.4 Å². The number of sulfonamides is 1. The number of nitrogens with zero attached hydrogens (tertiary/aromatic N) is 1. The van der Waals surface area contributed by atoms with Crippen molar-refractivity contribution in [3.8, 4) is 5.75 Å². The molecule has 11 heteroatoms. The van der Waals surface area contributed by atoms with Crippen LogP contribution in [0.25, 0.3) is 0 Å². The predicted octanol–water partition coefficient (Wildman–Crippen LogP) is 4.55. The van der Waals surface area contributed by atoms with Crippen LogP contribution in [0.3, 0.4) is 0 Å². The van der Waals surface area contributed by atoms with Gasteiger partial charge in [-0.25, -0.2) is 21.6 Å². The summed E-state index contributed by atoms with van der Waals surface area (Å²) in [6.45, 7) is 0.506. The summed E-state index contributed by atoms with van der Waals surface area (Å²) in [6.07, 6.45) is 1.08. The van der Waals surface area contributed by atoms with E-state index >= 15 is 0 Å². The first-order valence-electron chi connectivity index (χ1n) is 9.47. The van der Waals surface area contributed by atoms with Crippen LogP contribution in [0.5, 0.6) is 5.75 Å². The third kappa shape index (κ3) is 4.19.